The molecule has 1 amide bonds. The van der Waals surface area contributed by atoms with Crippen molar-refractivity contribution in [3.63, 3.8) is 0 Å². The van der Waals surface area contributed by atoms with E-state index in [0.29, 0.717) is 11.3 Å². The lowest BCUT2D eigenvalue weighted by molar-refractivity contribution is 0.0680. The summed E-state index contributed by atoms with van der Waals surface area (Å²) in [6.07, 6.45) is 0. The average molecular weight is 236 g/mol. The summed E-state index contributed by atoms with van der Waals surface area (Å²) in [5.41, 5.74) is 0.470. The van der Waals surface area contributed by atoms with Crippen molar-refractivity contribution in [1.29, 1.82) is 0 Å². The number of hydrogen-bond acceptors (Lipinski definition) is 4. The van der Waals surface area contributed by atoms with Crippen molar-refractivity contribution in [1.82, 2.24) is 10.2 Å². The zero-order valence-corrected chi connectivity index (χ0v) is 9.93. The average Bonchev–Trinajstić information content (AvgIpc) is 2.25. The van der Waals surface area contributed by atoms with Crippen LogP contribution < -0.4 is 10.1 Å². The van der Waals surface area contributed by atoms with Crippen LogP contribution in [0.3, 0.4) is 0 Å². The lowest BCUT2D eigenvalue weighted by Crippen LogP contribution is -2.57. The maximum atomic E-state index is 12.1. The highest BCUT2D eigenvalue weighted by atomic mass is 16.5. The van der Waals surface area contributed by atoms with Crippen molar-refractivity contribution in [3.8, 4) is 11.5 Å². The molecular weight excluding hydrogens is 220 g/mol. The van der Waals surface area contributed by atoms with Crippen LogP contribution in [0.5, 0.6) is 11.5 Å². The van der Waals surface area contributed by atoms with Crippen LogP contribution in [0.2, 0.25) is 0 Å². The van der Waals surface area contributed by atoms with Gasteiger partial charge in [0.2, 0.25) is 0 Å². The number of rotatable bonds is 3. The van der Waals surface area contributed by atoms with Gasteiger partial charge in [-0.3, -0.25) is 4.79 Å². The smallest absolute Gasteiger partial charge is 0.254 e. The summed E-state index contributed by atoms with van der Waals surface area (Å²) in [5.74, 6) is 0.266. The summed E-state index contributed by atoms with van der Waals surface area (Å²) in [7, 11) is 3.25. The molecule has 2 N–H and O–H groups in total. The lowest BCUT2D eigenvalue weighted by Gasteiger charge is -2.35. The quantitative estimate of drug-likeness (QED) is 0.799. The standard InChI is InChI=1S/C12H16N2O3/c1-14(9-6-13-7-9)12(16)8-3-4-11(17-2)10(15)5-8/h3-5,9,13,15H,6-7H2,1-2H3. The summed E-state index contributed by atoms with van der Waals surface area (Å²) in [6, 6.07) is 4.93. The van der Waals surface area contributed by atoms with Crippen LogP contribution in [-0.4, -0.2) is 49.2 Å². The first-order valence-electron chi connectivity index (χ1n) is 5.48. The molecule has 0 aliphatic carbocycles. The normalized spacial score (nSPS) is 15.2. The van der Waals surface area contributed by atoms with Crippen molar-refractivity contribution in [2.75, 3.05) is 27.2 Å². The van der Waals surface area contributed by atoms with E-state index in [9.17, 15) is 9.90 Å². The monoisotopic (exact) mass is 236 g/mol. The molecule has 92 valence electrons. The van der Waals surface area contributed by atoms with E-state index in [-0.39, 0.29) is 17.7 Å². The van der Waals surface area contributed by atoms with Crippen molar-refractivity contribution in [2.45, 2.75) is 6.04 Å². The minimum absolute atomic E-state index is 0.0153. The topological polar surface area (TPSA) is 61.8 Å². The van der Waals surface area contributed by atoms with E-state index in [2.05, 4.69) is 5.32 Å². The molecule has 1 fully saturated rings. The minimum atomic E-state index is -0.0885. The second kappa shape index (κ2) is 4.63. The number of phenolic OH excluding ortho intramolecular Hbond substituents is 1. The van der Waals surface area contributed by atoms with E-state index in [1.807, 2.05) is 0 Å². The van der Waals surface area contributed by atoms with Gasteiger partial charge in [0, 0.05) is 25.7 Å². The highest BCUT2D eigenvalue weighted by molar-refractivity contribution is 5.95. The highest BCUT2D eigenvalue weighted by Gasteiger charge is 2.26. The molecule has 0 unspecified atom stereocenters. The number of carbonyl (C=O) groups is 1. The number of nitrogens with one attached hydrogen (secondary N) is 1. The fraction of sp³-hybridized carbons (Fsp3) is 0.417. The van der Waals surface area contributed by atoms with Gasteiger partial charge >= 0.3 is 0 Å². The van der Waals surface area contributed by atoms with Gasteiger partial charge in [-0.15, -0.1) is 0 Å². The van der Waals surface area contributed by atoms with Gasteiger partial charge in [0.05, 0.1) is 13.2 Å². The molecule has 5 heteroatoms. The van der Waals surface area contributed by atoms with Gasteiger partial charge in [-0.1, -0.05) is 0 Å². The van der Waals surface area contributed by atoms with E-state index in [1.165, 1.54) is 13.2 Å². The van der Waals surface area contributed by atoms with Gasteiger partial charge in [0.15, 0.2) is 11.5 Å². The molecule has 0 atom stereocenters. The number of aromatic hydroxyl groups is 1. The molecule has 0 bridgehead atoms. The van der Waals surface area contributed by atoms with Crippen molar-refractivity contribution >= 4 is 5.91 Å². The number of likely N-dealkylation sites (N-methyl/N-ethyl adjacent to an activating group) is 1. The zero-order valence-electron chi connectivity index (χ0n) is 9.93. The first kappa shape index (κ1) is 11.7. The van der Waals surface area contributed by atoms with Crippen molar-refractivity contribution < 1.29 is 14.6 Å². The first-order chi connectivity index (χ1) is 8.13. The number of nitrogens with zero attached hydrogens (tertiary/aromatic N) is 1. The van der Waals surface area contributed by atoms with E-state index >= 15 is 0 Å². The number of hydrogen-bond donors (Lipinski definition) is 2. The molecule has 1 saturated heterocycles. The van der Waals surface area contributed by atoms with Crippen LogP contribution in [0, 0.1) is 0 Å². The van der Waals surface area contributed by atoms with Gasteiger partial charge in [0.25, 0.3) is 5.91 Å². The third kappa shape index (κ3) is 2.19. The SMILES string of the molecule is COc1ccc(C(=O)N(C)C2CNC2)cc1O. The summed E-state index contributed by atoms with van der Waals surface area (Å²) in [5, 5.41) is 12.7. The summed E-state index contributed by atoms with van der Waals surface area (Å²) in [6.45, 7) is 1.65. The second-order valence-corrected chi connectivity index (χ2v) is 4.11. The third-order valence-corrected chi connectivity index (χ3v) is 3.05. The predicted molar refractivity (Wildman–Crippen MR) is 63.4 cm³/mol. The predicted octanol–water partition coefficient (Wildman–Crippen LogP) is 0.445. The molecule has 0 spiro atoms. The molecule has 5 nitrogen and oxygen atoms in total. The Morgan fingerprint density at radius 3 is 2.71 bits per heavy atom. The zero-order chi connectivity index (χ0) is 12.4. The van der Waals surface area contributed by atoms with Crippen molar-refractivity contribution in [2.24, 2.45) is 0 Å². The van der Waals surface area contributed by atoms with E-state index in [0.717, 1.165) is 13.1 Å². The van der Waals surface area contributed by atoms with Crippen LogP contribution in [0.4, 0.5) is 0 Å². The summed E-state index contributed by atoms with van der Waals surface area (Å²) >= 11 is 0. The number of benzene rings is 1. The molecule has 1 heterocycles. The van der Waals surface area contributed by atoms with E-state index < -0.39 is 0 Å². The largest absolute Gasteiger partial charge is 0.504 e. The van der Waals surface area contributed by atoms with E-state index in [1.54, 1.807) is 24.1 Å². The molecule has 1 aromatic carbocycles. The van der Waals surface area contributed by atoms with Gasteiger partial charge in [0.1, 0.15) is 0 Å². The van der Waals surface area contributed by atoms with Gasteiger partial charge in [-0.25, -0.2) is 0 Å². The Labute approximate surface area is 100.0 Å². The molecular formula is C12H16N2O3. The highest BCUT2D eigenvalue weighted by Crippen LogP contribution is 2.26. The van der Waals surface area contributed by atoms with Gasteiger partial charge < -0.3 is 20.1 Å². The molecule has 1 aliphatic rings. The molecule has 17 heavy (non-hydrogen) atoms. The Bertz CT molecular complexity index is 430. The number of phenols is 1. The second-order valence-electron chi connectivity index (χ2n) is 4.11. The first-order valence-corrected chi connectivity index (χ1v) is 5.48. The molecule has 1 aliphatic heterocycles. The third-order valence-electron chi connectivity index (χ3n) is 3.05. The fourth-order valence-corrected chi connectivity index (χ4v) is 1.74. The maximum absolute atomic E-state index is 12.1. The van der Waals surface area contributed by atoms with Crippen molar-refractivity contribution in [3.05, 3.63) is 23.8 Å². The number of ether oxygens (including phenoxy) is 1. The maximum Gasteiger partial charge on any atom is 0.254 e. The Balaban J connectivity index is 2.15. The summed E-state index contributed by atoms with van der Waals surface area (Å²) < 4.78 is 4.94. The number of methoxy groups -OCH3 is 1. The molecule has 2 rings (SSSR count). The van der Waals surface area contributed by atoms with Crippen LogP contribution in [0.25, 0.3) is 0 Å². The fourth-order valence-electron chi connectivity index (χ4n) is 1.74. The molecule has 0 radical (unpaired) electrons. The minimum Gasteiger partial charge on any atom is -0.504 e. The Morgan fingerprint density at radius 1 is 1.53 bits per heavy atom. The molecule has 1 aromatic rings. The van der Waals surface area contributed by atoms with Crippen LogP contribution in [-0.2, 0) is 0 Å². The van der Waals surface area contributed by atoms with Gasteiger partial charge in [-0.2, -0.15) is 0 Å². The molecule has 0 saturated carbocycles. The number of carbonyl (C=O) groups excluding carboxylic acids is 1. The van der Waals surface area contributed by atoms with Crippen LogP contribution >= 0.6 is 0 Å². The van der Waals surface area contributed by atoms with Gasteiger partial charge in [-0.05, 0) is 18.2 Å². The Morgan fingerprint density at radius 2 is 2.24 bits per heavy atom. The Hall–Kier alpha value is -1.75. The van der Waals surface area contributed by atoms with Crippen LogP contribution in [0.15, 0.2) is 18.2 Å². The van der Waals surface area contributed by atoms with Crippen LogP contribution in [0.1, 0.15) is 10.4 Å². The number of amides is 1. The van der Waals surface area contributed by atoms with E-state index in [4.69, 9.17) is 4.74 Å². The lowest BCUT2D eigenvalue weighted by atomic mass is 10.1. The Kier molecular flexibility index (Phi) is 3.19. The molecule has 0 aromatic heterocycles. The summed E-state index contributed by atoms with van der Waals surface area (Å²) in [4.78, 5) is 13.8.